The summed E-state index contributed by atoms with van der Waals surface area (Å²) < 4.78 is 5.68. The Labute approximate surface area is 127 Å². The lowest BCUT2D eigenvalue weighted by Gasteiger charge is -2.26. The van der Waals surface area contributed by atoms with Crippen molar-refractivity contribution in [3.8, 4) is 0 Å². The van der Waals surface area contributed by atoms with Gasteiger partial charge in [0, 0.05) is 18.5 Å². The molecule has 1 aliphatic heterocycles. The molecule has 0 aromatic carbocycles. The van der Waals surface area contributed by atoms with Crippen LogP contribution in [0.3, 0.4) is 0 Å². The molecule has 1 amide bonds. The van der Waals surface area contributed by atoms with Crippen molar-refractivity contribution in [3.05, 3.63) is 35.7 Å². The van der Waals surface area contributed by atoms with Crippen molar-refractivity contribution in [3.63, 3.8) is 0 Å². The minimum Gasteiger partial charge on any atom is -0.368 e. The molecule has 7 nitrogen and oxygen atoms in total. The maximum absolute atomic E-state index is 12.6. The Balaban J connectivity index is 1.48. The van der Waals surface area contributed by atoms with Gasteiger partial charge in [0.15, 0.2) is 5.82 Å². The second-order valence-corrected chi connectivity index (χ2v) is 5.96. The van der Waals surface area contributed by atoms with Crippen LogP contribution in [0, 0.1) is 0 Å². The highest BCUT2D eigenvalue weighted by molar-refractivity contribution is 5.95. The second-order valence-electron chi connectivity index (χ2n) is 5.96. The van der Waals surface area contributed by atoms with E-state index in [0.29, 0.717) is 18.3 Å². The lowest BCUT2D eigenvalue weighted by molar-refractivity contribution is 0.0790. The summed E-state index contributed by atoms with van der Waals surface area (Å²) in [7, 11) is 0. The Hall–Kier alpha value is -2.15. The zero-order valence-corrected chi connectivity index (χ0v) is 12.2. The first kappa shape index (κ1) is 13.5. The molecular formula is C15H19N5O2. The van der Waals surface area contributed by atoms with E-state index in [1.54, 1.807) is 0 Å². The standard InChI is InChI=1S/C15H19N5O2/c21-15(10-4-6-16-12(10)9-2-1-3-9)19-11-5-7-22-13(11)14-17-8-18-20-14/h4,6,8-9,11,13,16H,1-3,5,7H2,(H,19,21)(H,17,18,20)/t11-,13+/m0/s1. The summed E-state index contributed by atoms with van der Waals surface area (Å²) in [4.78, 5) is 20.0. The lowest BCUT2D eigenvalue weighted by Crippen LogP contribution is -2.37. The van der Waals surface area contributed by atoms with Gasteiger partial charge >= 0.3 is 0 Å². The number of carbonyl (C=O) groups is 1. The molecule has 0 spiro atoms. The molecular weight excluding hydrogens is 282 g/mol. The van der Waals surface area contributed by atoms with Gasteiger partial charge in [-0.15, -0.1) is 0 Å². The maximum Gasteiger partial charge on any atom is 0.253 e. The lowest BCUT2D eigenvalue weighted by atomic mass is 9.81. The highest BCUT2D eigenvalue weighted by Crippen LogP contribution is 2.37. The quantitative estimate of drug-likeness (QED) is 0.800. The molecule has 2 aromatic rings. The normalized spacial score (nSPS) is 25.1. The van der Waals surface area contributed by atoms with E-state index in [1.807, 2.05) is 12.3 Å². The van der Waals surface area contributed by atoms with Crippen LogP contribution in [0.25, 0.3) is 0 Å². The number of carbonyl (C=O) groups excluding carboxylic acids is 1. The summed E-state index contributed by atoms with van der Waals surface area (Å²) >= 11 is 0. The fourth-order valence-electron chi connectivity index (χ4n) is 3.22. The Morgan fingerprint density at radius 1 is 1.36 bits per heavy atom. The number of ether oxygens (including phenoxy) is 1. The first-order valence-electron chi connectivity index (χ1n) is 7.78. The molecule has 2 aliphatic rings. The fraction of sp³-hybridized carbons (Fsp3) is 0.533. The average Bonchev–Trinajstić information content (AvgIpc) is 3.17. The van der Waals surface area contributed by atoms with Gasteiger partial charge in [0.1, 0.15) is 12.4 Å². The first-order chi connectivity index (χ1) is 10.8. The number of H-pyrrole nitrogens is 2. The molecule has 1 saturated heterocycles. The Kier molecular flexibility index (Phi) is 3.42. The largest absolute Gasteiger partial charge is 0.368 e. The molecule has 2 fully saturated rings. The third-order valence-electron chi connectivity index (χ3n) is 4.65. The highest BCUT2D eigenvalue weighted by atomic mass is 16.5. The van der Waals surface area contributed by atoms with Gasteiger partial charge in [-0.25, -0.2) is 4.98 Å². The first-order valence-corrected chi connectivity index (χ1v) is 7.78. The Morgan fingerprint density at radius 2 is 2.27 bits per heavy atom. The van der Waals surface area contributed by atoms with Crippen molar-refractivity contribution in [1.29, 1.82) is 0 Å². The van der Waals surface area contributed by atoms with Gasteiger partial charge in [-0.1, -0.05) is 6.42 Å². The van der Waals surface area contributed by atoms with Crippen LogP contribution in [0.2, 0.25) is 0 Å². The van der Waals surface area contributed by atoms with Crippen molar-refractivity contribution >= 4 is 5.91 Å². The summed E-state index contributed by atoms with van der Waals surface area (Å²) in [5.74, 6) is 1.12. The van der Waals surface area contributed by atoms with Crippen molar-refractivity contribution in [2.45, 2.75) is 43.7 Å². The van der Waals surface area contributed by atoms with Crippen LogP contribution in [-0.4, -0.2) is 38.7 Å². The zero-order valence-electron chi connectivity index (χ0n) is 12.2. The van der Waals surface area contributed by atoms with Crippen LogP contribution >= 0.6 is 0 Å². The van der Waals surface area contributed by atoms with Gasteiger partial charge in [-0.05, 0) is 31.2 Å². The molecule has 2 aromatic heterocycles. The third kappa shape index (κ3) is 2.31. The zero-order chi connectivity index (χ0) is 14.9. The van der Waals surface area contributed by atoms with Crippen LogP contribution in [0.4, 0.5) is 0 Å². The van der Waals surface area contributed by atoms with Gasteiger partial charge in [0.05, 0.1) is 11.6 Å². The second kappa shape index (κ2) is 5.57. The molecule has 0 bridgehead atoms. The molecule has 7 heteroatoms. The molecule has 4 rings (SSSR count). The number of hydrogen-bond acceptors (Lipinski definition) is 4. The Morgan fingerprint density at radius 3 is 3.00 bits per heavy atom. The number of aromatic nitrogens is 4. The van der Waals surface area contributed by atoms with Crippen molar-refractivity contribution in [2.75, 3.05) is 6.61 Å². The number of aromatic amines is 2. The van der Waals surface area contributed by atoms with E-state index < -0.39 is 0 Å². The predicted molar refractivity (Wildman–Crippen MR) is 78.3 cm³/mol. The summed E-state index contributed by atoms with van der Waals surface area (Å²) in [6.07, 6.45) is 7.40. The van der Waals surface area contributed by atoms with Gasteiger partial charge in [0.2, 0.25) is 0 Å². The summed E-state index contributed by atoms with van der Waals surface area (Å²) in [5, 5.41) is 9.77. The molecule has 22 heavy (non-hydrogen) atoms. The van der Waals surface area contributed by atoms with Crippen LogP contribution in [-0.2, 0) is 4.74 Å². The van der Waals surface area contributed by atoms with Gasteiger partial charge in [-0.2, -0.15) is 5.10 Å². The van der Waals surface area contributed by atoms with Gasteiger partial charge < -0.3 is 15.0 Å². The van der Waals surface area contributed by atoms with E-state index in [0.717, 1.165) is 30.5 Å². The predicted octanol–water partition coefficient (Wildman–Crippen LogP) is 1.66. The van der Waals surface area contributed by atoms with Crippen molar-refractivity contribution < 1.29 is 9.53 Å². The topological polar surface area (TPSA) is 95.7 Å². The fourth-order valence-corrected chi connectivity index (χ4v) is 3.22. The number of rotatable bonds is 4. The van der Waals surface area contributed by atoms with E-state index in [4.69, 9.17) is 4.74 Å². The molecule has 3 heterocycles. The summed E-state index contributed by atoms with van der Waals surface area (Å²) in [5.41, 5.74) is 1.83. The van der Waals surface area contributed by atoms with Crippen LogP contribution < -0.4 is 5.32 Å². The number of nitrogens with one attached hydrogen (secondary N) is 3. The average molecular weight is 301 g/mol. The molecule has 0 unspecified atom stereocenters. The smallest absolute Gasteiger partial charge is 0.253 e. The minimum absolute atomic E-state index is 0.0387. The van der Waals surface area contributed by atoms with Gasteiger partial charge in [-0.3, -0.25) is 9.89 Å². The van der Waals surface area contributed by atoms with Crippen LogP contribution in [0.5, 0.6) is 0 Å². The highest BCUT2D eigenvalue weighted by Gasteiger charge is 2.34. The van der Waals surface area contributed by atoms with E-state index in [9.17, 15) is 4.79 Å². The van der Waals surface area contributed by atoms with Crippen molar-refractivity contribution in [1.82, 2.24) is 25.5 Å². The van der Waals surface area contributed by atoms with Crippen LogP contribution in [0.15, 0.2) is 18.6 Å². The van der Waals surface area contributed by atoms with Gasteiger partial charge in [0.25, 0.3) is 5.91 Å². The molecule has 1 aliphatic carbocycles. The van der Waals surface area contributed by atoms with E-state index in [-0.39, 0.29) is 18.1 Å². The third-order valence-corrected chi connectivity index (χ3v) is 4.65. The molecule has 3 N–H and O–H groups in total. The van der Waals surface area contributed by atoms with E-state index >= 15 is 0 Å². The summed E-state index contributed by atoms with van der Waals surface area (Å²) in [6, 6.07) is 1.78. The molecule has 0 radical (unpaired) electrons. The van der Waals surface area contributed by atoms with E-state index in [1.165, 1.54) is 12.7 Å². The molecule has 116 valence electrons. The molecule has 1 saturated carbocycles. The number of amides is 1. The number of hydrogen-bond donors (Lipinski definition) is 3. The SMILES string of the molecule is O=C(N[C@H]1CCO[C@H]1c1ncn[nH]1)c1cc[nH]c1C1CCC1. The monoisotopic (exact) mass is 301 g/mol. The van der Waals surface area contributed by atoms with Crippen molar-refractivity contribution in [2.24, 2.45) is 0 Å². The van der Waals surface area contributed by atoms with E-state index in [2.05, 4.69) is 25.5 Å². The number of nitrogens with zero attached hydrogens (tertiary/aromatic N) is 2. The van der Waals surface area contributed by atoms with Crippen LogP contribution in [0.1, 0.15) is 59.6 Å². The summed E-state index contributed by atoms with van der Waals surface area (Å²) in [6.45, 7) is 0.610. The molecule has 2 atom stereocenters. The minimum atomic E-state index is -0.252. The maximum atomic E-state index is 12.6. The Bertz CT molecular complexity index is 647.